The molecular formula is C27H30O7S. The zero-order chi connectivity index (χ0) is 24.9. The molecule has 0 saturated carbocycles. The molecule has 3 aromatic carbocycles. The van der Waals surface area contributed by atoms with Crippen molar-refractivity contribution in [1.82, 2.24) is 0 Å². The summed E-state index contributed by atoms with van der Waals surface area (Å²) in [6, 6.07) is 28.2. The zero-order valence-electron chi connectivity index (χ0n) is 19.6. The Morgan fingerprint density at radius 1 is 0.714 bits per heavy atom. The Labute approximate surface area is 206 Å². The molecule has 0 amide bonds. The first-order chi connectivity index (χ1) is 16.9. The van der Waals surface area contributed by atoms with Gasteiger partial charge in [0.25, 0.3) is 10.1 Å². The molecule has 0 heterocycles. The first kappa shape index (κ1) is 26.7. The molecule has 8 heteroatoms. The Morgan fingerprint density at radius 2 is 1.17 bits per heavy atom. The van der Waals surface area contributed by atoms with Crippen molar-refractivity contribution in [2.75, 3.05) is 12.9 Å². The lowest BCUT2D eigenvalue weighted by Crippen LogP contribution is -2.46. The molecular weight excluding hydrogens is 468 g/mol. The summed E-state index contributed by atoms with van der Waals surface area (Å²) in [5.74, 6) is 0. The molecule has 0 N–H and O–H groups in total. The molecule has 0 fully saturated rings. The van der Waals surface area contributed by atoms with Gasteiger partial charge in [0.2, 0.25) is 0 Å². The molecule has 186 valence electrons. The van der Waals surface area contributed by atoms with Crippen LogP contribution in [-0.4, -0.2) is 45.9 Å². The summed E-state index contributed by atoms with van der Waals surface area (Å²) in [6.45, 7) is 0.395. The maximum atomic E-state index is 12.1. The van der Waals surface area contributed by atoms with Gasteiger partial charge in [-0.25, -0.2) is 0 Å². The van der Waals surface area contributed by atoms with Gasteiger partial charge in [-0.2, -0.15) is 8.42 Å². The minimum Gasteiger partial charge on any atom is -0.374 e. The molecule has 0 aromatic heterocycles. The fraction of sp³-hybridized carbons (Fsp3) is 0.296. The summed E-state index contributed by atoms with van der Waals surface area (Å²) in [7, 11) is -3.89. The first-order valence-electron chi connectivity index (χ1n) is 11.2. The normalized spacial score (nSPS) is 14.2. The fourth-order valence-corrected chi connectivity index (χ4v) is 4.04. The highest BCUT2D eigenvalue weighted by Gasteiger charge is 2.35. The van der Waals surface area contributed by atoms with Crippen molar-refractivity contribution >= 4 is 16.4 Å². The number of aldehydes is 1. The maximum Gasteiger partial charge on any atom is 0.264 e. The van der Waals surface area contributed by atoms with Crippen LogP contribution in [-0.2, 0) is 53.1 Å². The summed E-state index contributed by atoms with van der Waals surface area (Å²) in [5, 5.41) is 0. The Balaban J connectivity index is 1.78. The van der Waals surface area contributed by atoms with Crippen molar-refractivity contribution in [3.05, 3.63) is 108 Å². The van der Waals surface area contributed by atoms with Gasteiger partial charge in [0.05, 0.1) is 32.7 Å². The topological polar surface area (TPSA) is 88.1 Å². The van der Waals surface area contributed by atoms with Gasteiger partial charge >= 0.3 is 0 Å². The van der Waals surface area contributed by atoms with Crippen molar-refractivity contribution in [3.8, 4) is 0 Å². The highest BCUT2D eigenvalue weighted by molar-refractivity contribution is 7.86. The average Bonchev–Trinajstić information content (AvgIpc) is 2.86. The largest absolute Gasteiger partial charge is 0.374 e. The van der Waals surface area contributed by atoms with Gasteiger partial charge in [-0.3, -0.25) is 4.18 Å². The highest BCUT2D eigenvalue weighted by atomic mass is 32.2. The predicted molar refractivity (Wildman–Crippen MR) is 132 cm³/mol. The third kappa shape index (κ3) is 9.71. The SMILES string of the molecule is CS(=O)(=O)O[C@H](COCc1ccccc1)[C@@H](OCc1ccccc1)[C@H](C=O)OCc1ccccc1. The highest BCUT2D eigenvalue weighted by Crippen LogP contribution is 2.18. The quantitative estimate of drug-likeness (QED) is 0.232. The van der Waals surface area contributed by atoms with Crippen LogP contribution in [0.3, 0.4) is 0 Å². The van der Waals surface area contributed by atoms with Crippen molar-refractivity contribution in [3.63, 3.8) is 0 Å². The Kier molecular flexibility index (Phi) is 10.6. The lowest BCUT2D eigenvalue weighted by molar-refractivity contribution is -0.151. The van der Waals surface area contributed by atoms with Crippen molar-refractivity contribution < 1.29 is 31.6 Å². The van der Waals surface area contributed by atoms with Crippen LogP contribution in [0, 0.1) is 0 Å². The van der Waals surface area contributed by atoms with E-state index in [0.717, 1.165) is 22.9 Å². The van der Waals surface area contributed by atoms with E-state index in [1.165, 1.54) is 0 Å². The smallest absolute Gasteiger partial charge is 0.264 e. The minimum absolute atomic E-state index is 0.125. The van der Waals surface area contributed by atoms with Crippen LogP contribution in [0.4, 0.5) is 0 Å². The van der Waals surface area contributed by atoms with E-state index >= 15 is 0 Å². The van der Waals surface area contributed by atoms with Gasteiger partial charge < -0.3 is 19.0 Å². The maximum absolute atomic E-state index is 12.1. The number of benzene rings is 3. The second kappa shape index (κ2) is 13.9. The van der Waals surface area contributed by atoms with E-state index in [1.54, 1.807) is 0 Å². The van der Waals surface area contributed by atoms with Crippen LogP contribution in [0.1, 0.15) is 16.7 Å². The molecule has 0 saturated heterocycles. The van der Waals surface area contributed by atoms with Gasteiger partial charge in [-0.15, -0.1) is 0 Å². The van der Waals surface area contributed by atoms with E-state index in [-0.39, 0.29) is 26.4 Å². The number of hydrogen-bond donors (Lipinski definition) is 0. The monoisotopic (exact) mass is 498 g/mol. The molecule has 0 spiro atoms. The third-order valence-electron chi connectivity index (χ3n) is 5.09. The fourth-order valence-electron chi connectivity index (χ4n) is 3.43. The van der Waals surface area contributed by atoms with Crippen LogP contribution >= 0.6 is 0 Å². The van der Waals surface area contributed by atoms with Crippen LogP contribution in [0.25, 0.3) is 0 Å². The van der Waals surface area contributed by atoms with E-state index in [9.17, 15) is 13.2 Å². The van der Waals surface area contributed by atoms with E-state index in [0.29, 0.717) is 6.29 Å². The van der Waals surface area contributed by atoms with E-state index in [1.807, 2.05) is 91.0 Å². The molecule has 0 unspecified atom stereocenters. The predicted octanol–water partition coefficient (Wildman–Crippen LogP) is 3.92. The van der Waals surface area contributed by atoms with E-state index in [2.05, 4.69) is 0 Å². The summed E-state index contributed by atoms with van der Waals surface area (Å²) >= 11 is 0. The molecule has 3 atom stereocenters. The number of carbonyl (C=O) groups excluding carboxylic acids is 1. The summed E-state index contributed by atoms with van der Waals surface area (Å²) in [4.78, 5) is 12.1. The minimum atomic E-state index is -3.89. The van der Waals surface area contributed by atoms with Crippen LogP contribution in [0.2, 0.25) is 0 Å². The second-order valence-corrected chi connectivity index (χ2v) is 9.60. The Bertz CT molecular complexity index is 1110. The molecule has 3 rings (SSSR count). The number of ether oxygens (including phenoxy) is 3. The van der Waals surface area contributed by atoms with Crippen molar-refractivity contribution in [2.24, 2.45) is 0 Å². The molecule has 0 radical (unpaired) electrons. The number of carbonyl (C=O) groups is 1. The number of rotatable bonds is 15. The van der Waals surface area contributed by atoms with Crippen LogP contribution in [0.5, 0.6) is 0 Å². The molecule has 3 aromatic rings. The molecule has 35 heavy (non-hydrogen) atoms. The van der Waals surface area contributed by atoms with Gasteiger partial charge in [-0.05, 0) is 16.7 Å². The Hall–Kier alpha value is -2.88. The zero-order valence-corrected chi connectivity index (χ0v) is 20.4. The molecule has 0 aliphatic carbocycles. The standard InChI is InChI=1S/C27H30O7S/c1-35(29,30)34-26(21-31-18-22-11-5-2-6-12-22)27(33-20-24-15-9-4-10-16-24)25(17-28)32-19-23-13-7-3-8-14-23/h2-17,25-27H,18-21H2,1H3/t25-,26+,27-/m0/s1. The Morgan fingerprint density at radius 3 is 1.63 bits per heavy atom. The summed E-state index contributed by atoms with van der Waals surface area (Å²) in [5.41, 5.74) is 2.63. The molecule has 0 aliphatic heterocycles. The van der Waals surface area contributed by atoms with Crippen LogP contribution in [0.15, 0.2) is 91.0 Å². The van der Waals surface area contributed by atoms with Gasteiger partial charge in [-0.1, -0.05) is 91.0 Å². The van der Waals surface area contributed by atoms with Crippen LogP contribution < -0.4 is 0 Å². The lowest BCUT2D eigenvalue weighted by atomic mass is 10.1. The third-order valence-corrected chi connectivity index (χ3v) is 5.68. The van der Waals surface area contributed by atoms with Crippen molar-refractivity contribution in [1.29, 1.82) is 0 Å². The average molecular weight is 499 g/mol. The lowest BCUT2D eigenvalue weighted by Gasteiger charge is -2.30. The molecule has 7 nitrogen and oxygen atoms in total. The van der Waals surface area contributed by atoms with Gasteiger partial charge in [0.15, 0.2) is 6.29 Å². The van der Waals surface area contributed by atoms with E-state index < -0.39 is 28.4 Å². The second-order valence-electron chi connectivity index (χ2n) is 8.00. The summed E-state index contributed by atoms with van der Waals surface area (Å²) < 4.78 is 47.2. The van der Waals surface area contributed by atoms with Gasteiger partial charge in [0, 0.05) is 0 Å². The van der Waals surface area contributed by atoms with E-state index in [4.69, 9.17) is 18.4 Å². The van der Waals surface area contributed by atoms with Gasteiger partial charge in [0.1, 0.15) is 18.3 Å². The van der Waals surface area contributed by atoms with Crippen molar-refractivity contribution in [2.45, 2.75) is 38.1 Å². The first-order valence-corrected chi connectivity index (χ1v) is 13.0. The molecule has 0 aliphatic rings. The summed E-state index contributed by atoms with van der Waals surface area (Å²) in [6.07, 6.45) is -1.68. The molecule has 0 bridgehead atoms. The number of hydrogen-bond acceptors (Lipinski definition) is 7.